The number of rotatable bonds is 4. The number of fused-ring (bicyclic) bond motifs is 1. The summed E-state index contributed by atoms with van der Waals surface area (Å²) in [5, 5.41) is 2.93. The van der Waals surface area contributed by atoms with E-state index < -0.39 is 15.9 Å². The molecule has 0 bridgehead atoms. The van der Waals surface area contributed by atoms with Gasteiger partial charge in [0.25, 0.3) is 15.9 Å². The van der Waals surface area contributed by atoms with Crippen LogP contribution in [-0.2, 0) is 14.8 Å². The Hall–Kier alpha value is -1.89. The third kappa shape index (κ3) is 3.10. The lowest BCUT2D eigenvalue weighted by molar-refractivity contribution is -0.122. The van der Waals surface area contributed by atoms with Crippen molar-refractivity contribution in [2.45, 2.75) is 49.5 Å². The molecule has 0 spiro atoms. The van der Waals surface area contributed by atoms with Crippen LogP contribution in [0.1, 0.15) is 48.9 Å². The van der Waals surface area contributed by atoms with E-state index in [0.29, 0.717) is 0 Å². The Bertz CT molecular complexity index is 723. The van der Waals surface area contributed by atoms with E-state index >= 15 is 0 Å². The number of hydrogen-bond donors (Lipinski definition) is 1. The third-order valence-electron chi connectivity index (χ3n) is 4.42. The summed E-state index contributed by atoms with van der Waals surface area (Å²) < 4.78 is 25.5. The molecule has 1 aliphatic heterocycles. The lowest BCUT2D eigenvalue weighted by Crippen LogP contribution is -2.39. The van der Waals surface area contributed by atoms with Crippen LogP contribution in [0.3, 0.4) is 0 Å². The van der Waals surface area contributed by atoms with E-state index in [0.717, 1.165) is 30.0 Å². The number of nitrogens with one attached hydrogen (secondary N) is 1. The highest BCUT2D eigenvalue weighted by Gasteiger charge is 2.40. The summed E-state index contributed by atoms with van der Waals surface area (Å²) >= 11 is 0. The minimum Gasteiger partial charge on any atom is -0.353 e. The molecule has 2 amide bonds. The number of hydrogen-bond acceptors (Lipinski definition) is 4. The van der Waals surface area contributed by atoms with E-state index in [1.54, 1.807) is 12.1 Å². The number of nitrogens with zero attached hydrogens (tertiary/aromatic N) is 1. The number of benzene rings is 1. The average molecular weight is 336 g/mol. The van der Waals surface area contributed by atoms with Gasteiger partial charge in [0.1, 0.15) is 4.90 Å². The molecule has 2 aliphatic rings. The van der Waals surface area contributed by atoms with Gasteiger partial charge in [-0.1, -0.05) is 31.4 Å². The van der Waals surface area contributed by atoms with E-state index in [-0.39, 0.29) is 35.4 Å². The first-order valence-electron chi connectivity index (χ1n) is 7.95. The maximum absolute atomic E-state index is 12.4. The summed E-state index contributed by atoms with van der Waals surface area (Å²) in [5.41, 5.74) is 0.181. The van der Waals surface area contributed by atoms with Gasteiger partial charge in [-0.05, 0) is 25.0 Å². The normalized spacial score (nSPS) is 20.3. The Morgan fingerprint density at radius 2 is 1.87 bits per heavy atom. The average Bonchev–Trinajstić information content (AvgIpc) is 2.74. The highest BCUT2D eigenvalue weighted by Crippen LogP contribution is 2.29. The van der Waals surface area contributed by atoms with Crippen LogP contribution >= 0.6 is 0 Å². The zero-order valence-electron chi connectivity index (χ0n) is 12.8. The molecule has 0 atom stereocenters. The Kier molecular flexibility index (Phi) is 4.39. The number of carbonyl (C=O) groups is 2. The molecular formula is C16H20N2O4S. The molecule has 7 heteroatoms. The fraction of sp³-hybridized carbons (Fsp3) is 0.500. The van der Waals surface area contributed by atoms with Gasteiger partial charge in [-0.3, -0.25) is 9.59 Å². The van der Waals surface area contributed by atoms with Gasteiger partial charge in [-0.15, -0.1) is 0 Å². The second kappa shape index (κ2) is 6.31. The molecule has 3 rings (SSSR count). The van der Waals surface area contributed by atoms with Gasteiger partial charge in [-0.25, -0.2) is 12.7 Å². The van der Waals surface area contributed by atoms with Gasteiger partial charge in [-0.2, -0.15) is 0 Å². The summed E-state index contributed by atoms with van der Waals surface area (Å²) in [4.78, 5) is 24.3. The van der Waals surface area contributed by atoms with Crippen LogP contribution in [0.25, 0.3) is 0 Å². The summed E-state index contributed by atoms with van der Waals surface area (Å²) in [5.74, 6) is -0.748. The van der Waals surface area contributed by atoms with Crippen molar-refractivity contribution >= 4 is 21.8 Å². The fourth-order valence-electron chi connectivity index (χ4n) is 3.20. The van der Waals surface area contributed by atoms with Crippen LogP contribution < -0.4 is 5.32 Å². The molecule has 124 valence electrons. The van der Waals surface area contributed by atoms with Crippen molar-refractivity contribution in [3.05, 3.63) is 29.8 Å². The Morgan fingerprint density at radius 3 is 2.57 bits per heavy atom. The summed E-state index contributed by atoms with van der Waals surface area (Å²) in [6, 6.07) is 6.32. The quantitative estimate of drug-likeness (QED) is 0.906. The van der Waals surface area contributed by atoms with E-state index in [9.17, 15) is 18.0 Å². The first kappa shape index (κ1) is 16.0. The van der Waals surface area contributed by atoms with Crippen LogP contribution in [0.2, 0.25) is 0 Å². The van der Waals surface area contributed by atoms with Crippen molar-refractivity contribution in [1.29, 1.82) is 0 Å². The number of amides is 2. The molecule has 6 nitrogen and oxygen atoms in total. The lowest BCUT2D eigenvalue weighted by atomic mass is 9.95. The van der Waals surface area contributed by atoms with Crippen LogP contribution in [0.5, 0.6) is 0 Å². The topological polar surface area (TPSA) is 83.6 Å². The first-order chi connectivity index (χ1) is 11.0. The van der Waals surface area contributed by atoms with Gasteiger partial charge in [0.15, 0.2) is 0 Å². The van der Waals surface area contributed by atoms with Crippen molar-refractivity contribution in [1.82, 2.24) is 9.62 Å². The highest BCUT2D eigenvalue weighted by molar-refractivity contribution is 7.90. The molecule has 23 heavy (non-hydrogen) atoms. The zero-order chi connectivity index (χ0) is 16.4. The molecular weight excluding hydrogens is 316 g/mol. The molecule has 1 N–H and O–H groups in total. The number of carbonyl (C=O) groups excluding carboxylic acids is 2. The Labute approximate surface area is 135 Å². The van der Waals surface area contributed by atoms with Gasteiger partial charge in [0, 0.05) is 19.0 Å². The maximum Gasteiger partial charge on any atom is 0.269 e. The minimum atomic E-state index is -3.82. The largest absolute Gasteiger partial charge is 0.353 e. The number of sulfonamides is 1. The monoisotopic (exact) mass is 336 g/mol. The second-order valence-corrected chi connectivity index (χ2v) is 7.86. The Balaban J connectivity index is 1.62. The summed E-state index contributed by atoms with van der Waals surface area (Å²) in [7, 11) is -3.82. The molecule has 0 saturated heterocycles. The molecule has 1 aromatic rings. The van der Waals surface area contributed by atoms with Crippen molar-refractivity contribution < 1.29 is 18.0 Å². The van der Waals surface area contributed by atoms with Crippen LogP contribution in [0.15, 0.2) is 29.2 Å². The van der Waals surface area contributed by atoms with E-state index in [2.05, 4.69) is 5.32 Å². The second-order valence-electron chi connectivity index (χ2n) is 6.03. The van der Waals surface area contributed by atoms with Gasteiger partial charge >= 0.3 is 0 Å². The molecule has 0 aromatic heterocycles. The zero-order valence-corrected chi connectivity index (χ0v) is 13.6. The van der Waals surface area contributed by atoms with E-state index in [1.807, 2.05) is 0 Å². The third-order valence-corrected chi connectivity index (χ3v) is 6.26. The van der Waals surface area contributed by atoms with E-state index in [4.69, 9.17) is 0 Å². The van der Waals surface area contributed by atoms with Crippen molar-refractivity contribution in [3.8, 4) is 0 Å². The molecule has 1 aromatic carbocycles. The Morgan fingerprint density at radius 1 is 1.17 bits per heavy atom. The predicted molar refractivity (Wildman–Crippen MR) is 84.3 cm³/mol. The smallest absolute Gasteiger partial charge is 0.269 e. The van der Waals surface area contributed by atoms with Gasteiger partial charge in [0.2, 0.25) is 5.91 Å². The maximum atomic E-state index is 12.4. The molecule has 1 saturated carbocycles. The standard InChI is InChI=1S/C16H20N2O4S/c19-15(17-12-6-2-1-3-7-12)10-11-18-16(20)13-8-4-5-9-14(13)23(18,21)22/h4-5,8-9,12H,1-3,6-7,10-11H2,(H,17,19). The lowest BCUT2D eigenvalue weighted by Gasteiger charge is -2.23. The first-order valence-corrected chi connectivity index (χ1v) is 9.39. The molecule has 1 fully saturated rings. The molecule has 1 heterocycles. The van der Waals surface area contributed by atoms with Crippen LogP contribution in [0, 0.1) is 0 Å². The minimum absolute atomic E-state index is 0.00451. The summed E-state index contributed by atoms with van der Waals surface area (Å²) in [6.45, 7) is -0.117. The van der Waals surface area contributed by atoms with E-state index in [1.165, 1.54) is 18.6 Å². The van der Waals surface area contributed by atoms with Crippen molar-refractivity contribution in [2.75, 3.05) is 6.54 Å². The van der Waals surface area contributed by atoms with Crippen molar-refractivity contribution in [2.24, 2.45) is 0 Å². The highest BCUT2D eigenvalue weighted by atomic mass is 32.2. The molecule has 0 unspecified atom stereocenters. The van der Waals surface area contributed by atoms with Crippen LogP contribution in [-0.4, -0.2) is 37.1 Å². The molecule has 1 aliphatic carbocycles. The molecule has 0 radical (unpaired) electrons. The predicted octanol–water partition coefficient (Wildman–Crippen LogP) is 1.67. The SMILES string of the molecule is O=C(CCN1C(=O)c2ccccc2S1(=O)=O)NC1CCCCC1. The summed E-state index contributed by atoms with van der Waals surface area (Å²) in [6.07, 6.45) is 5.36. The fourth-order valence-corrected chi connectivity index (χ4v) is 4.77. The van der Waals surface area contributed by atoms with Gasteiger partial charge < -0.3 is 5.32 Å². The van der Waals surface area contributed by atoms with Gasteiger partial charge in [0.05, 0.1) is 5.56 Å². The van der Waals surface area contributed by atoms with Crippen molar-refractivity contribution in [3.63, 3.8) is 0 Å². The van der Waals surface area contributed by atoms with Crippen LogP contribution in [0.4, 0.5) is 0 Å².